The molecule has 4 heteroatoms. The molecule has 0 aromatic carbocycles. The van der Waals surface area contributed by atoms with Crippen LogP contribution in [0.4, 0.5) is 0 Å². The first-order valence-corrected chi connectivity index (χ1v) is 5.95. The minimum Gasteiger partial charge on any atom is -0.481 e. The largest absolute Gasteiger partial charge is 0.481 e. The van der Waals surface area contributed by atoms with Gasteiger partial charge in [-0.2, -0.15) is 0 Å². The zero-order valence-corrected chi connectivity index (χ0v) is 9.11. The molecule has 0 aromatic rings. The average Bonchev–Trinajstić information content (AvgIpc) is 2.69. The SMILES string of the molecule is O=C(O)CC1CN(C2CCCC2)CCN1. The van der Waals surface area contributed by atoms with Crippen LogP contribution < -0.4 is 5.32 Å². The molecule has 15 heavy (non-hydrogen) atoms. The summed E-state index contributed by atoms with van der Waals surface area (Å²) in [5.74, 6) is -0.694. The average molecular weight is 212 g/mol. The van der Waals surface area contributed by atoms with Crippen molar-refractivity contribution in [2.45, 2.75) is 44.2 Å². The van der Waals surface area contributed by atoms with E-state index < -0.39 is 5.97 Å². The second-order valence-electron chi connectivity index (χ2n) is 4.68. The van der Waals surface area contributed by atoms with E-state index in [4.69, 9.17) is 5.11 Å². The topological polar surface area (TPSA) is 52.6 Å². The van der Waals surface area contributed by atoms with Crippen molar-refractivity contribution in [2.24, 2.45) is 0 Å². The number of hydrogen-bond donors (Lipinski definition) is 2. The van der Waals surface area contributed by atoms with E-state index in [0.717, 1.165) is 25.7 Å². The van der Waals surface area contributed by atoms with Crippen molar-refractivity contribution in [2.75, 3.05) is 19.6 Å². The van der Waals surface area contributed by atoms with Crippen LogP contribution in [-0.4, -0.2) is 47.7 Å². The van der Waals surface area contributed by atoms with E-state index in [1.807, 2.05) is 0 Å². The Hall–Kier alpha value is -0.610. The number of carboxylic acid groups (broad SMARTS) is 1. The van der Waals surface area contributed by atoms with Crippen LogP contribution in [0.1, 0.15) is 32.1 Å². The van der Waals surface area contributed by atoms with Gasteiger partial charge in [-0.3, -0.25) is 9.69 Å². The van der Waals surface area contributed by atoms with E-state index in [1.165, 1.54) is 25.7 Å². The summed E-state index contributed by atoms with van der Waals surface area (Å²) in [4.78, 5) is 13.1. The molecule has 2 rings (SSSR count). The highest BCUT2D eigenvalue weighted by Crippen LogP contribution is 2.24. The molecule has 1 aliphatic carbocycles. The van der Waals surface area contributed by atoms with Crippen molar-refractivity contribution >= 4 is 5.97 Å². The van der Waals surface area contributed by atoms with E-state index in [9.17, 15) is 4.79 Å². The number of rotatable bonds is 3. The van der Waals surface area contributed by atoms with Gasteiger partial charge in [-0.15, -0.1) is 0 Å². The number of nitrogens with one attached hydrogen (secondary N) is 1. The number of aliphatic carboxylic acids is 1. The number of piperazine rings is 1. The first-order chi connectivity index (χ1) is 7.25. The highest BCUT2D eigenvalue weighted by Gasteiger charge is 2.28. The number of nitrogens with zero attached hydrogens (tertiary/aromatic N) is 1. The third-order valence-electron chi connectivity index (χ3n) is 3.55. The zero-order valence-electron chi connectivity index (χ0n) is 9.11. The Labute approximate surface area is 90.6 Å². The van der Waals surface area contributed by atoms with Crippen LogP contribution in [-0.2, 0) is 4.79 Å². The van der Waals surface area contributed by atoms with Gasteiger partial charge in [0.15, 0.2) is 0 Å². The van der Waals surface area contributed by atoms with Crippen molar-refractivity contribution in [1.29, 1.82) is 0 Å². The molecule has 1 heterocycles. The normalized spacial score (nSPS) is 29.5. The summed E-state index contributed by atoms with van der Waals surface area (Å²) >= 11 is 0. The molecule has 1 aliphatic heterocycles. The third-order valence-corrected chi connectivity index (χ3v) is 3.55. The van der Waals surface area contributed by atoms with E-state index in [1.54, 1.807) is 0 Å². The second kappa shape index (κ2) is 4.94. The van der Waals surface area contributed by atoms with E-state index >= 15 is 0 Å². The Kier molecular flexibility index (Phi) is 3.59. The molecule has 1 unspecified atom stereocenters. The molecule has 4 nitrogen and oxygen atoms in total. The maximum Gasteiger partial charge on any atom is 0.304 e. The zero-order chi connectivity index (χ0) is 10.7. The summed E-state index contributed by atoms with van der Waals surface area (Å²) in [5, 5.41) is 12.0. The van der Waals surface area contributed by atoms with Crippen molar-refractivity contribution in [3.05, 3.63) is 0 Å². The lowest BCUT2D eigenvalue weighted by Crippen LogP contribution is -2.54. The van der Waals surface area contributed by atoms with Crippen LogP contribution in [0.2, 0.25) is 0 Å². The van der Waals surface area contributed by atoms with Gasteiger partial charge in [-0.25, -0.2) is 0 Å². The molecule has 2 aliphatic rings. The van der Waals surface area contributed by atoms with Crippen LogP contribution >= 0.6 is 0 Å². The molecule has 0 spiro atoms. The lowest BCUT2D eigenvalue weighted by molar-refractivity contribution is -0.137. The van der Waals surface area contributed by atoms with Gasteiger partial charge in [0, 0.05) is 31.7 Å². The monoisotopic (exact) mass is 212 g/mol. The predicted molar refractivity (Wildman–Crippen MR) is 57.9 cm³/mol. The fourth-order valence-corrected chi connectivity index (χ4v) is 2.80. The molecule has 1 atom stereocenters. The minimum atomic E-state index is -0.694. The Bertz CT molecular complexity index is 227. The van der Waals surface area contributed by atoms with E-state index in [0.29, 0.717) is 0 Å². The van der Waals surface area contributed by atoms with E-state index in [2.05, 4.69) is 10.2 Å². The molecular formula is C11H20N2O2. The summed E-state index contributed by atoms with van der Waals surface area (Å²) in [7, 11) is 0. The van der Waals surface area contributed by atoms with Crippen molar-refractivity contribution < 1.29 is 9.90 Å². The maximum absolute atomic E-state index is 10.6. The molecule has 1 saturated heterocycles. The van der Waals surface area contributed by atoms with Gasteiger partial charge in [-0.05, 0) is 12.8 Å². The van der Waals surface area contributed by atoms with Gasteiger partial charge in [0.2, 0.25) is 0 Å². The summed E-state index contributed by atoms with van der Waals surface area (Å²) in [6.45, 7) is 2.94. The fourth-order valence-electron chi connectivity index (χ4n) is 2.80. The predicted octanol–water partition coefficient (Wildman–Crippen LogP) is 0.677. The van der Waals surface area contributed by atoms with Gasteiger partial charge in [0.05, 0.1) is 6.42 Å². The summed E-state index contributed by atoms with van der Waals surface area (Å²) in [5.41, 5.74) is 0. The van der Waals surface area contributed by atoms with Gasteiger partial charge in [-0.1, -0.05) is 12.8 Å². The van der Waals surface area contributed by atoms with Crippen LogP contribution in [0.5, 0.6) is 0 Å². The molecular weight excluding hydrogens is 192 g/mol. The van der Waals surface area contributed by atoms with Crippen LogP contribution in [0, 0.1) is 0 Å². The fraction of sp³-hybridized carbons (Fsp3) is 0.909. The second-order valence-corrected chi connectivity index (χ2v) is 4.68. The Balaban J connectivity index is 1.83. The first kappa shape index (κ1) is 10.9. The molecule has 0 amide bonds. The van der Waals surface area contributed by atoms with Crippen molar-refractivity contribution in [3.8, 4) is 0 Å². The molecule has 0 aromatic heterocycles. The van der Waals surface area contributed by atoms with Gasteiger partial charge in [0.1, 0.15) is 0 Å². The third kappa shape index (κ3) is 2.92. The standard InChI is InChI=1S/C11H20N2O2/c14-11(15)7-9-8-13(6-5-12-9)10-3-1-2-4-10/h9-10,12H,1-8H2,(H,14,15). The summed E-state index contributed by atoms with van der Waals surface area (Å²) in [6, 6.07) is 0.875. The van der Waals surface area contributed by atoms with Gasteiger partial charge >= 0.3 is 5.97 Å². The quantitative estimate of drug-likeness (QED) is 0.722. The number of carboxylic acids is 1. The number of hydrogen-bond acceptors (Lipinski definition) is 3. The molecule has 86 valence electrons. The van der Waals surface area contributed by atoms with Crippen LogP contribution in [0.15, 0.2) is 0 Å². The van der Waals surface area contributed by atoms with Gasteiger partial charge in [0.25, 0.3) is 0 Å². The molecule has 0 radical (unpaired) electrons. The lowest BCUT2D eigenvalue weighted by Gasteiger charge is -2.37. The summed E-state index contributed by atoms with van der Waals surface area (Å²) in [6.07, 6.45) is 5.55. The lowest BCUT2D eigenvalue weighted by atomic mass is 10.1. The van der Waals surface area contributed by atoms with Gasteiger partial charge < -0.3 is 10.4 Å². The van der Waals surface area contributed by atoms with Crippen molar-refractivity contribution in [1.82, 2.24) is 10.2 Å². The first-order valence-electron chi connectivity index (χ1n) is 5.95. The molecule has 1 saturated carbocycles. The molecule has 0 bridgehead atoms. The van der Waals surface area contributed by atoms with Crippen LogP contribution in [0.25, 0.3) is 0 Å². The van der Waals surface area contributed by atoms with E-state index in [-0.39, 0.29) is 12.5 Å². The molecule has 2 fully saturated rings. The Morgan fingerprint density at radius 1 is 1.40 bits per heavy atom. The highest BCUT2D eigenvalue weighted by atomic mass is 16.4. The Morgan fingerprint density at radius 2 is 2.13 bits per heavy atom. The Morgan fingerprint density at radius 3 is 2.80 bits per heavy atom. The van der Waals surface area contributed by atoms with Crippen molar-refractivity contribution in [3.63, 3.8) is 0 Å². The number of carbonyl (C=O) groups is 1. The summed E-state index contributed by atoms with van der Waals surface area (Å²) < 4.78 is 0. The smallest absolute Gasteiger partial charge is 0.304 e. The molecule has 2 N–H and O–H groups in total. The minimum absolute atomic E-state index is 0.150. The highest BCUT2D eigenvalue weighted by molar-refractivity contribution is 5.67. The maximum atomic E-state index is 10.6. The van der Waals surface area contributed by atoms with Crippen LogP contribution in [0.3, 0.4) is 0 Å².